The number of fused-ring (bicyclic) bond motifs is 2. The average molecular weight is 541 g/mol. The number of hydrogen-bond donors (Lipinski definition) is 0. The van der Waals surface area contributed by atoms with Crippen LogP contribution in [-0.2, 0) is 12.8 Å². The van der Waals surface area contributed by atoms with Crippen molar-refractivity contribution >= 4 is 18.5 Å². The Morgan fingerprint density at radius 3 is 1.05 bits per heavy atom. The molecule has 212 valence electrons. The van der Waals surface area contributed by atoms with Crippen LogP contribution in [0.3, 0.4) is 0 Å². The molecule has 1 heteroatoms. The molecule has 4 rings (SSSR count). The zero-order chi connectivity index (χ0) is 29.1. The van der Waals surface area contributed by atoms with Gasteiger partial charge in [-0.25, -0.2) is 0 Å². The van der Waals surface area contributed by atoms with Gasteiger partial charge in [0, 0.05) is 0 Å². The summed E-state index contributed by atoms with van der Waals surface area (Å²) < 4.78 is 0. The van der Waals surface area contributed by atoms with E-state index in [4.69, 9.17) is 0 Å². The van der Waals surface area contributed by atoms with E-state index in [2.05, 4.69) is 120 Å². The second-order valence-electron chi connectivity index (χ2n) is 15.0. The Hall–Kier alpha value is -1.86. The molecule has 0 saturated heterocycles. The lowest BCUT2D eigenvalue weighted by Crippen LogP contribution is -2.33. The monoisotopic (exact) mass is 540 g/mol. The Labute approximate surface area is 242 Å². The van der Waals surface area contributed by atoms with Crippen LogP contribution in [-0.4, -0.2) is 8.07 Å². The number of allylic oxidation sites excluding steroid dienone is 2. The van der Waals surface area contributed by atoms with E-state index < -0.39 is 8.07 Å². The maximum Gasteiger partial charge on any atom is 0.113 e. The first-order valence-corrected chi connectivity index (χ1v) is 18.9. The standard InChI is InChI=1S/C38H56Si/c1-21(2)27-15-29-19-33(25(9)10)37(35(29)31(17-27)23(5)6)39(13,14)38-34(26(11)12)20-30-16-28(22(3)4)18-32(24(7)8)36(30)38/h15-18,21-26H,19-20H2,1-14H3. The third-order valence-electron chi connectivity index (χ3n) is 9.67. The predicted molar refractivity (Wildman–Crippen MR) is 178 cm³/mol. The summed E-state index contributed by atoms with van der Waals surface area (Å²) >= 11 is 0. The van der Waals surface area contributed by atoms with Gasteiger partial charge in [-0.05, 0) is 103 Å². The first-order chi connectivity index (χ1) is 18.1. The lowest BCUT2D eigenvalue weighted by molar-refractivity contribution is 0.751. The molecule has 0 heterocycles. The van der Waals surface area contributed by atoms with E-state index in [1.54, 1.807) is 54.9 Å². The maximum absolute atomic E-state index is 2.70. The first-order valence-electron chi connectivity index (χ1n) is 15.9. The fourth-order valence-electron chi connectivity index (χ4n) is 7.42. The van der Waals surface area contributed by atoms with E-state index in [-0.39, 0.29) is 0 Å². The first kappa shape index (κ1) is 30.1. The molecule has 2 aliphatic carbocycles. The molecular formula is C38H56Si. The molecule has 0 spiro atoms. The minimum atomic E-state index is -2.08. The summed E-state index contributed by atoms with van der Waals surface area (Å²) in [5.41, 5.74) is 16.1. The average Bonchev–Trinajstić information content (AvgIpc) is 3.42. The van der Waals surface area contributed by atoms with Crippen molar-refractivity contribution in [2.45, 2.75) is 133 Å². The van der Waals surface area contributed by atoms with Gasteiger partial charge in [-0.15, -0.1) is 0 Å². The van der Waals surface area contributed by atoms with Crippen molar-refractivity contribution in [3.8, 4) is 0 Å². The molecule has 2 aliphatic rings. The summed E-state index contributed by atoms with van der Waals surface area (Å²) in [4.78, 5) is 0. The highest BCUT2D eigenvalue weighted by atomic mass is 28.3. The summed E-state index contributed by atoms with van der Waals surface area (Å²) in [6.45, 7) is 34.2. The van der Waals surface area contributed by atoms with Gasteiger partial charge in [-0.1, -0.05) is 132 Å². The summed E-state index contributed by atoms with van der Waals surface area (Å²) in [7, 11) is -2.08. The minimum Gasteiger partial charge on any atom is -0.0630 e. The molecule has 39 heavy (non-hydrogen) atoms. The fourth-order valence-corrected chi connectivity index (χ4v) is 11.9. The van der Waals surface area contributed by atoms with E-state index in [0.29, 0.717) is 35.5 Å². The normalized spacial score (nSPS) is 15.9. The number of benzene rings is 2. The molecular weight excluding hydrogens is 485 g/mol. The molecule has 0 nitrogen and oxygen atoms in total. The zero-order valence-corrected chi connectivity index (χ0v) is 28.7. The molecule has 0 radical (unpaired) electrons. The molecule has 0 aliphatic heterocycles. The third kappa shape index (κ3) is 5.18. The fraction of sp³-hybridized carbons (Fsp3) is 0.579. The van der Waals surface area contributed by atoms with Gasteiger partial charge in [0.05, 0.1) is 0 Å². The topological polar surface area (TPSA) is 0 Å². The summed E-state index contributed by atoms with van der Waals surface area (Å²) in [5, 5.41) is 3.55. The molecule has 0 N–H and O–H groups in total. The van der Waals surface area contributed by atoms with Crippen LogP contribution in [0, 0.1) is 11.8 Å². The Bertz CT molecular complexity index is 1220. The molecule has 0 amide bonds. The van der Waals surface area contributed by atoms with Crippen LogP contribution in [0.1, 0.15) is 151 Å². The predicted octanol–water partition coefficient (Wildman–Crippen LogP) is 11.6. The largest absolute Gasteiger partial charge is 0.113 e. The van der Waals surface area contributed by atoms with Gasteiger partial charge < -0.3 is 0 Å². The highest BCUT2D eigenvalue weighted by Crippen LogP contribution is 2.54. The zero-order valence-electron chi connectivity index (χ0n) is 27.7. The van der Waals surface area contributed by atoms with Crippen LogP contribution in [0.2, 0.25) is 13.1 Å². The highest BCUT2D eigenvalue weighted by Gasteiger charge is 2.44. The van der Waals surface area contributed by atoms with Gasteiger partial charge in [0.1, 0.15) is 8.07 Å². The minimum absolute atomic E-state index is 0.526. The van der Waals surface area contributed by atoms with Crippen molar-refractivity contribution in [3.05, 3.63) is 79.9 Å². The van der Waals surface area contributed by atoms with Gasteiger partial charge in [0.2, 0.25) is 0 Å². The highest BCUT2D eigenvalue weighted by molar-refractivity contribution is 7.09. The van der Waals surface area contributed by atoms with Crippen LogP contribution >= 0.6 is 0 Å². The molecule has 0 fully saturated rings. The lowest BCUT2D eigenvalue weighted by Gasteiger charge is -2.35. The van der Waals surface area contributed by atoms with E-state index >= 15 is 0 Å². The Balaban J connectivity index is 2.07. The van der Waals surface area contributed by atoms with E-state index in [1.165, 1.54) is 11.1 Å². The van der Waals surface area contributed by atoms with Crippen molar-refractivity contribution < 1.29 is 0 Å². The van der Waals surface area contributed by atoms with Gasteiger partial charge in [-0.3, -0.25) is 0 Å². The van der Waals surface area contributed by atoms with E-state index in [1.807, 2.05) is 0 Å². The SMILES string of the molecule is CC(C)C1=C([Si](C)(C)C2=C(C(C)C)Cc3cc(C(C)C)cc(C(C)C)c32)c2c(cc(C(C)C)cc2C(C)C)C1. The van der Waals surface area contributed by atoms with Crippen LogP contribution < -0.4 is 0 Å². The maximum atomic E-state index is 2.70. The third-order valence-corrected chi connectivity index (χ3v) is 13.3. The Kier molecular flexibility index (Phi) is 8.37. The smallest absolute Gasteiger partial charge is 0.0630 e. The van der Waals surface area contributed by atoms with Crippen molar-refractivity contribution in [2.24, 2.45) is 11.8 Å². The Morgan fingerprint density at radius 2 is 0.795 bits per heavy atom. The molecule has 0 unspecified atom stereocenters. The van der Waals surface area contributed by atoms with Crippen LogP contribution in [0.15, 0.2) is 35.4 Å². The molecule has 0 atom stereocenters. The van der Waals surface area contributed by atoms with Crippen LogP contribution in [0.4, 0.5) is 0 Å². The van der Waals surface area contributed by atoms with Gasteiger partial charge in [0.15, 0.2) is 0 Å². The second-order valence-corrected chi connectivity index (χ2v) is 19.2. The van der Waals surface area contributed by atoms with Crippen LogP contribution in [0.25, 0.3) is 10.4 Å². The second kappa shape index (κ2) is 10.8. The van der Waals surface area contributed by atoms with Gasteiger partial charge in [0.25, 0.3) is 0 Å². The summed E-state index contributed by atoms with van der Waals surface area (Å²) in [6.07, 6.45) is 2.28. The molecule has 0 aromatic heterocycles. The molecule has 0 bridgehead atoms. The summed E-state index contributed by atoms with van der Waals surface area (Å²) in [5.74, 6) is 3.31. The van der Waals surface area contributed by atoms with E-state index in [0.717, 1.165) is 12.8 Å². The van der Waals surface area contributed by atoms with Gasteiger partial charge in [-0.2, -0.15) is 0 Å². The van der Waals surface area contributed by atoms with Crippen LogP contribution in [0.5, 0.6) is 0 Å². The molecule has 2 aromatic rings. The number of rotatable bonds is 8. The lowest BCUT2D eigenvalue weighted by atomic mass is 9.89. The van der Waals surface area contributed by atoms with Crippen molar-refractivity contribution in [2.75, 3.05) is 0 Å². The molecule has 0 saturated carbocycles. The molecule has 2 aromatic carbocycles. The summed E-state index contributed by atoms with van der Waals surface area (Å²) in [6, 6.07) is 10.3. The Morgan fingerprint density at radius 1 is 0.462 bits per heavy atom. The van der Waals surface area contributed by atoms with Crippen molar-refractivity contribution in [3.63, 3.8) is 0 Å². The van der Waals surface area contributed by atoms with Gasteiger partial charge >= 0.3 is 0 Å². The van der Waals surface area contributed by atoms with Crippen molar-refractivity contribution in [1.82, 2.24) is 0 Å². The quantitative estimate of drug-likeness (QED) is 0.292. The number of hydrogen-bond acceptors (Lipinski definition) is 0. The van der Waals surface area contributed by atoms with E-state index in [9.17, 15) is 0 Å². The van der Waals surface area contributed by atoms with Crippen molar-refractivity contribution in [1.29, 1.82) is 0 Å².